The molecule has 0 aromatic carbocycles. The summed E-state index contributed by atoms with van der Waals surface area (Å²) in [5.41, 5.74) is 0.203. The second-order valence-corrected chi connectivity index (χ2v) is 6.69. The number of hydrogen-bond donors (Lipinski definition) is 0. The van der Waals surface area contributed by atoms with E-state index in [1.807, 2.05) is 59.8 Å². The molecule has 4 nitrogen and oxygen atoms in total. The highest BCUT2D eigenvalue weighted by Gasteiger charge is 2.52. The predicted molar refractivity (Wildman–Crippen MR) is 96.5 cm³/mol. The first-order chi connectivity index (χ1) is 10.7. The van der Waals surface area contributed by atoms with Crippen molar-refractivity contribution in [3.8, 4) is 6.07 Å². The van der Waals surface area contributed by atoms with E-state index in [9.17, 15) is 0 Å². The third-order valence-corrected chi connectivity index (χ3v) is 4.52. The minimum Gasteiger partial charge on any atom is -0.403 e. The molecule has 1 aliphatic rings. The zero-order chi connectivity index (χ0) is 17.7. The molecule has 23 heavy (non-hydrogen) atoms. The molecule has 1 aliphatic heterocycles. The third kappa shape index (κ3) is 4.67. The molecule has 0 aliphatic carbocycles. The molecule has 0 aromatic heterocycles. The Hall–Kier alpha value is -1.64. The molecule has 0 spiro atoms. The molecular formula is C18H27BN2O2. The van der Waals surface area contributed by atoms with Gasteiger partial charge in [-0.2, -0.15) is 5.26 Å². The lowest BCUT2D eigenvalue weighted by atomic mass is 9.72. The molecule has 124 valence electrons. The van der Waals surface area contributed by atoms with E-state index in [0.717, 1.165) is 5.57 Å². The van der Waals surface area contributed by atoms with Crippen molar-refractivity contribution in [3.05, 3.63) is 36.5 Å². The lowest BCUT2D eigenvalue weighted by Gasteiger charge is -2.32. The first kappa shape index (κ1) is 19.4. The molecule has 1 fully saturated rings. The molecule has 1 rings (SSSR count). The zero-order valence-corrected chi connectivity index (χ0v) is 15.0. The predicted octanol–water partition coefficient (Wildman–Crippen LogP) is 4.12. The Bertz CT molecular complexity index is 540. The molecule has 1 heterocycles. The molecule has 0 aromatic rings. The highest BCUT2D eigenvalue weighted by Crippen LogP contribution is 2.40. The van der Waals surface area contributed by atoms with E-state index in [2.05, 4.69) is 17.6 Å². The SMILES string of the molecule is C=CC(/C=C\C=NC(C#N)C(C)=CC)B1OC(C)(C)C(C)(C)O1. The Morgan fingerprint density at radius 1 is 1.26 bits per heavy atom. The van der Waals surface area contributed by atoms with Crippen LogP contribution in [0.3, 0.4) is 0 Å². The summed E-state index contributed by atoms with van der Waals surface area (Å²) in [5, 5.41) is 9.09. The van der Waals surface area contributed by atoms with Gasteiger partial charge in [0, 0.05) is 12.0 Å². The number of aliphatic imine (C=N–C) groups is 1. The van der Waals surface area contributed by atoms with Crippen LogP contribution in [0.25, 0.3) is 0 Å². The van der Waals surface area contributed by atoms with Crippen LogP contribution in [-0.2, 0) is 9.31 Å². The monoisotopic (exact) mass is 314 g/mol. The Morgan fingerprint density at radius 2 is 1.83 bits per heavy atom. The lowest BCUT2D eigenvalue weighted by molar-refractivity contribution is 0.00578. The summed E-state index contributed by atoms with van der Waals surface area (Å²) in [6, 6.07) is 1.72. The van der Waals surface area contributed by atoms with Crippen molar-refractivity contribution in [2.24, 2.45) is 4.99 Å². The van der Waals surface area contributed by atoms with Gasteiger partial charge in [0.15, 0.2) is 6.04 Å². The second kappa shape index (κ2) is 7.76. The van der Waals surface area contributed by atoms with Gasteiger partial charge in [-0.25, -0.2) is 0 Å². The molecule has 2 atom stereocenters. The van der Waals surface area contributed by atoms with Crippen LogP contribution in [0, 0.1) is 11.3 Å². The number of rotatable bonds is 6. The Morgan fingerprint density at radius 3 is 2.26 bits per heavy atom. The summed E-state index contributed by atoms with van der Waals surface area (Å²) in [5.74, 6) is -0.0779. The van der Waals surface area contributed by atoms with E-state index in [0.29, 0.717) is 0 Å². The van der Waals surface area contributed by atoms with Gasteiger partial charge >= 0.3 is 7.12 Å². The summed E-state index contributed by atoms with van der Waals surface area (Å²) in [7, 11) is -0.369. The largest absolute Gasteiger partial charge is 0.469 e. The average Bonchev–Trinajstić information content (AvgIpc) is 2.70. The van der Waals surface area contributed by atoms with Gasteiger partial charge in [-0.15, -0.1) is 6.58 Å². The van der Waals surface area contributed by atoms with Crippen LogP contribution < -0.4 is 0 Å². The Balaban J connectivity index is 2.75. The van der Waals surface area contributed by atoms with Crippen molar-refractivity contribution >= 4 is 13.3 Å². The smallest absolute Gasteiger partial charge is 0.403 e. The maximum Gasteiger partial charge on any atom is 0.469 e. The van der Waals surface area contributed by atoms with Gasteiger partial charge in [0.2, 0.25) is 0 Å². The molecule has 1 saturated heterocycles. The van der Waals surface area contributed by atoms with Crippen molar-refractivity contribution in [1.29, 1.82) is 5.26 Å². The third-order valence-electron chi connectivity index (χ3n) is 4.52. The van der Waals surface area contributed by atoms with E-state index >= 15 is 0 Å². The molecular weight excluding hydrogens is 287 g/mol. The topological polar surface area (TPSA) is 54.6 Å². The highest BCUT2D eigenvalue weighted by molar-refractivity contribution is 6.49. The second-order valence-electron chi connectivity index (χ2n) is 6.69. The van der Waals surface area contributed by atoms with Crippen LogP contribution in [0.5, 0.6) is 0 Å². The van der Waals surface area contributed by atoms with Gasteiger partial charge in [0.1, 0.15) is 0 Å². The minimum atomic E-state index is -0.441. The summed E-state index contributed by atoms with van der Waals surface area (Å²) < 4.78 is 12.0. The van der Waals surface area contributed by atoms with Crippen molar-refractivity contribution in [2.45, 2.75) is 64.6 Å². The lowest BCUT2D eigenvalue weighted by Crippen LogP contribution is -2.41. The number of hydrogen-bond acceptors (Lipinski definition) is 4. The van der Waals surface area contributed by atoms with Crippen LogP contribution in [0.2, 0.25) is 5.82 Å². The van der Waals surface area contributed by atoms with E-state index in [1.165, 1.54) is 0 Å². The van der Waals surface area contributed by atoms with Crippen LogP contribution in [0.15, 0.2) is 41.4 Å². The fourth-order valence-electron chi connectivity index (χ4n) is 2.05. The van der Waals surface area contributed by atoms with Crippen LogP contribution in [-0.4, -0.2) is 30.6 Å². The molecule has 0 saturated carbocycles. The molecule has 5 heteroatoms. The van der Waals surface area contributed by atoms with Crippen LogP contribution in [0.4, 0.5) is 0 Å². The summed E-state index contributed by atoms with van der Waals surface area (Å²) in [6.45, 7) is 15.7. The van der Waals surface area contributed by atoms with E-state index in [-0.39, 0.29) is 24.1 Å². The maximum absolute atomic E-state index is 9.09. The van der Waals surface area contributed by atoms with Gasteiger partial charge in [-0.3, -0.25) is 4.99 Å². The summed E-state index contributed by atoms with van der Waals surface area (Å²) >= 11 is 0. The van der Waals surface area contributed by atoms with Gasteiger partial charge < -0.3 is 9.31 Å². The van der Waals surface area contributed by atoms with Gasteiger partial charge in [0.25, 0.3) is 0 Å². The first-order valence-corrected chi connectivity index (χ1v) is 7.89. The number of nitrogens with zero attached hydrogens (tertiary/aromatic N) is 2. The van der Waals surface area contributed by atoms with E-state index in [1.54, 1.807) is 12.3 Å². The number of allylic oxidation sites excluding steroid dienone is 4. The average molecular weight is 314 g/mol. The normalized spacial score (nSPS) is 23.2. The minimum absolute atomic E-state index is 0.0779. The van der Waals surface area contributed by atoms with Crippen molar-refractivity contribution in [1.82, 2.24) is 0 Å². The maximum atomic E-state index is 9.09. The molecule has 0 amide bonds. The molecule has 0 radical (unpaired) electrons. The summed E-state index contributed by atoms with van der Waals surface area (Å²) in [6.07, 6.45) is 9.07. The first-order valence-electron chi connectivity index (χ1n) is 7.89. The number of nitriles is 1. The Kier molecular flexibility index (Phi) is 6.55. The van der Waals surface area contributed by atoms with Crippen LogP contribution in [0.1, 0.15) is 41.5 Å². The molecule has 0 N–H and O–H groups in total. The van der Waals surface area contributed by atoms with Gasteiger partial charge in [-0.05, 0) is 53.2 Å². The van der Waals surface area contributed by atoms with Gasteiger partial charge in [-0.1, -0.05) is 18.2 Å². The molecule has 2 unspecified atom stereocenters. The zero-order valence-electron chi connectivity index (χ0n) is 15.0. The van der Waals surface area contributed by atoms with Crippen LogP contribution >= 0.6 is 0 Å². The van der Waals surface area contributed by atoms with E-state index in [4.69, 9.17) is 14.6 Å². The summed E-state index contributed by atoms with van der Waals surface area (Å²) in [4.78, 5) is 4.25. The highest BCUT2D eigenvalue weighted by atomic mass is 16.7. The van der Waals surface area contributed by atoms with E-state index < -0.39 is 6.04 Å². The molecule has 0 bridgehead atoms. The quantitative estimate of drug-likeness (QED) is 0.421. The fraction of sp³-hybridized carbons (Fsp3) is 0.556. The van der Waals surface area contributed by atoms with Gasteiger partial charge in [0.05, 0.1) is 17.3 Å². The van der Waals surface area contributed by atoms with Crippen molar-refractivity contribution in [3.63, 3.8) is 0 Å². The van der Waals surface area contributed by atoms with Crippen molar-refractivity contribution < 1.29 is 9.31 Å². The Labute approximate surface area is 140 Å². The standard InChI is InChI=1S/C18H27BN2O2/c1-8-14(3)16(13-20)21-12-10-11-15(9-2)19-22-17(4,5)18(6,7)23-19/h8-12,15-16H,2H2,1,3-7H3/b11-10-,14-8?,21-12?. The fourth-order valence-corrected chi connectivity index (χ4v) is 2.05. The van der Waals surface area contributed by atoms with Crippen molar-refractivity contribution in [2.75, 3.05) is 0 Å².